The highest BCUT2D eigenvalue weighted by Gasteiger charge is 2.39. The molecule has 12 nitrogen and oxygen atoms in total. The molecule has 2 fully saturated rings. The first kappa shape index (κ1) is 31.5. The number of rotatable bonds is 6. The summed E-state index contributed by atoms with van der Waals surface area (Å²) in [7, 11) is 0. The molecule has 4 atom stereocenters. The molecule has 2 saturated heterocycles. The summed E-state index contributed by atoms with van der Waals surface area (Å²) in [6.45, 7) is 0.0806. The van der Waals surface area contributed by atoms with Gasteiger partial charge in [0.05, 0.1) is 12.6 Å². The van der Waals surface area contributed by atoms with E-state index in [1.165, 1.54) is 17.0 Å². The minimum atomic E-state index is -1.11. The number of carbonyl (C=O) groups excluding carboxylic acids is 5. The number of carbonyl (C=O) groups is 5. The number of fused-ring (bicyclic) bond motifs is 2. The van der Waals surface area contributed by atoms with Gasteiger partial charge in [-0.15, -0.1) is 0 Å². The minimum Gasteiger partial charge on any atom is -0.508 e. The van der Waals surface area contributed by atoms with E-state index in [9.17, 15) is 29.1 Å². The van der Waals surface area contributed by atoms with Crippen LogP contribution < -0.4 is 27.0 Å². The third-order valence-electron chi connectivity index (χ3n) is 8.25. The molecular weight excluding hydrogens is 576 g/mol. The fourth-order valence-corrected chi connectivity index (χ4v) is 5.81. The molecule has 3 aromatic rings. The third kappa shape index (κ3) is 7.95. The smallest absolute Gasteiger partial charge is 0.246 e. The predicted molar refractivity (Wildman–Crippen MR) is 167 cm³/mol. The van der Waals surface area contributed by atoms with Gasteiger partial charge in [0.15, 0.2) is 0 Å². The van der Waals surface area contributed by atoms with Gasteiger partial charge >= 0.3 is 0 Å². The third-order valence-corrected chi connectivity index (χ3v) is 8.25. The average Bonchev–Trinajstić information content (AvgIpc) is 3.53. The largest absolute Gasteiger partial charge is 0.508 e. The maximum atomic E-state index is 14.0. The first-order valence-corrected chi connectivity index (χ1v) is 15.1. The Morgan fingerprint density at radius 3 is 2.44 bits per heavy atom. The molecule has 2 aliphatic rings. The lowest BCUT2D eigenvalue weighted by molar-refractivity contribution is -0.142. The first-order chi connectivity index (χ1) is 21.7. The second kappa shape index (κ2) is 14.2. The van der Waals surface area contributed by atoms with Crippen LogP contribution in [0.25, 0.3) is 10.8 Å². The van der Waals surface area contributed by atoms with Crippen LogP contribution in [0.3, 0.4) is 0 Å². The van der Waals surface area contributed by atoms with Gasteiger partial charge in [-0.2, -0.15) is 0 Å². The highest BCUT2D eigenvalue weighted by Crippen LogP contribution is 2.22. The van der Waals surface area contributed by atoms with Crippen LogP contribution in [0.4, 0.5) is 0 Å². The van der Waals surface area contributed by atoms with E-state index in [4.69, 9.17) is 5.73 Å². The molecule has 2 heterocycles. The molecule has 5 amide bonds. The van der Waals surface area contributed by atoms with Gasteiger partial charge in [0, 0.05) is 19.5 Å². The van der Waals surface area contributed by atoms with Crippen molar-refractivity contribution in [3.05, 3.63) is 77.9 Å². The SMILES string of the molecule is N[C@@H](Cc1ccc(O)cc1)C(=O)NC1CCNC(=O)CNC(=O)[C@H]2CCCN2C(=O)C(Cc2ccc3ccccc3c2)NC1=O. The van der Waals surface area contributed by atoms with Crippen LogP contribution >= 0.6 is 0 Å². The lowest BCUT2D eigenvalue weighted by Gasteiger charge is -2.30. The second-order valence-electron chi connectivity index (χ2n) is 11.5. The van der Waals surface area contributed by atoms with E-state index >= 15 is 0 Å². The molecule has 236 valence electrons. The lowest BCUT2D eigenvalue weighted by Crippen LogP contribution is -2.59. The molecule has 3 aromatic carbocycles. The van der Waals surface area contributed by atoms with E-state index in [0.717, 1.165) is 21.9 Å². The standard InChI is InChI=1S/C33H38N6O6/c34-25(17-20-8-11-24(40)12-9-20)30(42)37-26-13-14-35-29(41)19-36-32(44)28-6-3-15-39(28)33(45)27(38-31(26)43)18-21-7-10-22-4-1-2-5-23(22)16-21/h1-2,4-5,7-12,16,25-28,40H,3,6,13-15,17-19,34H2,(H,35,41)(H,36,44)(H,37,42)(H,38,43)/t25-,26?,27?,28+/m0/s1. The normalized spacial score (nSPS) is 22.1. The van der Waals surface area contributed by atoms with Crippen molar-refractivity contribution in [2.75, 3.05) is 19.6 Å². The maximum Gasteiger partial charge on any atom is 0.246 e. The Balaban J connectivity index is 1.39. The molecular formula is C33H38N6O6. The molecule has 0 aliphatic carbocycles. The van der Waals surface area contributed by atoms with Crippen molar-refractivity contribution in [3.63, 3.8) is 0 Å². The van der Waals surface area contributed by atoms with Gasteiger partial charge in [0.2, 0.25) is 29.5 Å². The zero-order valence-corrected chi connectivity index (χ0v) is 24.8. The molecule has 0 bridgehead atoms. The van der Waals surface area contributed by atoms with E-state index in [1.54, 1.807) is 12.1 Å². The number of nitrogens with zero attached hydrogens (tertiary/aromatic N) is 1. The zero-order valence-electron chi connectivity index (χ0n) is 24.8. The Morgan fingerprint density at radius 2 is 1.67 bits per heavy atom. The van der Waals surface area contributed by atoms with Crippen molar-refractivity contribution < 1.29 is 29.1 Å². The predicted octanol–water partition coefficient (Wildman–Crippen LogP) is 0.255. The quantitative estimate of drug-likeness (QED) is 0.230. The van der Waals surface area contributed by atoms with Gasteiger partial charge in [0.25, 0.3) is 0 Å². The number of amides is 5. The number of phenolic OH excluding ortho intramolecular Hbond substituents is 1. The average molecular weight is 615 g/mol. The Bertz CT molecular complexity index is 1580. The number of benzene rings is 3. The van der Waals surface area contributed by atoms with Gasteiger partial charge in [0.1, 0.15) is 23.9 Å². The summed E-state index contributed by atoms with van der Waals surface area (Å²) < 4.78 is 0. The lowest BCUT2D eigenvalue weighted by atomic mass is 10.00. The molecule has 45 heavy (non-hydrogen) atoms. The highest BCUT2D eigenvalue weighted by atomic mass is 16.3. The zero-order chi connectivity index (χ0) is 31.9. The molecule has 0 spiro atoms. The molecule has 0 aromatic heterocycles. The Hall–Kier alpha value is -4.97. The van der Waals surface area contributed by atoms with E-state index < -0.39 is 53.7 Å². The fraction of sp³-hybridized carbons (Fsp3) is 0.364. The molecule has 2 aliphatic heterocycles. The molecule has 5 rings (SSSR count). The first-order valence-electron chi connectivity index (χ1n) is 15.1. The Kier molecular flexibility index (Phi) is 9.93. The van der Waals surface area contributed by atoms with Crippen molar-refractivity contribution in [1.82, 2.24) is 26.2 Å². The van der Waals surface area contributed by atoms with Crippen molar-refractivity contribution in [3.8, 4) is 5.75 Å². The van der Waals surface area contributed by atoms with Gasteiger partial charge < -0.3 is 37.0 Å². The highest BCUT2D eigenvalue weighted by molar-refractivity contribution is 5.96. The monoisotopic (exact) mass is 614 g/mol. The van der Waals surface area contributed by atoms with Crippen LogP contribution in [-0.4, -0.2) is 83.3 Å². The Morgan fingerprint density at radius 1 is 0.933 bits per heavy atom. The van der Waals surface area contributed by atoms with Crippen LogP contribution in [0, 0.1) is 0 Å². The van der Waals surface area contributed by atoms with Gasteiger partial charge in [-0.25, -0.2) is 0 Å². The van der Waals surface area contributed by atoms with E-state index in [2.05, 4.69) is 21.3 Å². The Labute approximate surface area is 260 Å². The second-order valence-corrected chi connectivity index (χ2v) is 11.5. The van der Waals surface area contributed by atoms with Crippen LogP contribution in [0.1, 0.15) is 30.4 Å². The van der Waals surface area contributed by atoms with Crippen molar-refractivity contribution >= 4 is 40.3 Å². The maximum absolute atomic E-state index is 14.0. The molecule has 2 unspecified atom stereocenters. The fourth-order valence-electron chi connectivity index (χ4n) is 5.81. The van der Waals surface area contributed by atoms with Crippen LogP contribution in [0.5, 0.6) is 5.75 Å². The van der Waals surface area contributed by atoms with Crippen molar-refractivity contribution in [2.45, 2.75) is 56.3 Å². The van der Waals surface area contributed by atoms with Gasteiger partial charge in [-0.3, -0.25) is 24.0 Å². The number of hydrogen-bond donors (Lipinski definition) is 6. The summed E-state index contributed by atoms with van der Waals surface area (Å²) in [4.78, 5) is 67.8. The minimum absolute atomic E-state index is 0.0203. The summed E-state index contributed by atoms with van der Waals surface area (Å²) in [6.07, 6.45) is 1.39. The van der Waals surface area contributed by atoms with Crippen molar-refractivity contribution in [1.29, 1.82) is 0 Å². The van der Waals surface area contributed by atoms with Gasteiger partial charge in [-0.1, -0.05) is 54.6 Å². The molecule has 0 saturated carbocycles. The summed E-state index contributed by atoms with van der Waals surface area (Å²) in [6, 6.07) is 16.0. The van der Waals surface area contributed by atoms with Crippen LogP contribution in [0.2, 0.25) is 0 Å². The van der Waals surface area contributed by atoms with E-state index in [1.807, 2.05) is 42.5 Å². The van der Waals surface area contributed by atoms with E-state index in [0.29, 0.717) is 19.4 Å². The summed E-state index contributed by atoms with van der Waals surface area (Å²) in [5.74, 6) is -2.39. The molecule has 12 heteroatoms. The number of phenols is 1. The van der Waals surface area contributed by atoms with Crippen LogP contribution in [0.15, 0.2) is 66.7 Å². The topological polar surface area (TPSA) is 183 Å². The summed E-state index contributed by atoms with van der Waals surface area (Å²) in [5.41, 5.74) is 7.71. The van der Waals surface area contributed by atoms with E-state index in [-0.39, 0.29) is 38.1 Å². The molecule has 0 radical (unpaired) electrons. The number of nitrogens with two attached hydrogens (primary N) is 1. The number of hydrogen-bond acceptors (Lipinski definition) is 7. The van der Waals surface area contributed by atoms with Crippen LogP contribution in [-0.2, 0) is 36.8 Å². The molecule has 7 N–H and O–H groups in total. The van der Waals surface area contributed by atoms with Crippen molar-refractivity contribution in [2.24, 2.45) is 5.73 Å². The number of nitrogens with one attached hydrogen (secondary N) is 4. The summed E-state index contributed by atoms with van der Waals surface area (Å²) in [5, 5.41) is 22.4. The number of aromatic hydroxyl groups is 1. The van der Waals surface area contributed by atoms with Gasteiger partial charge in [-0.05, 0) is 59.7 Å². The summed E-state index contributed by atoms with van der Waals surface area (Å²) >= 11 is 0.